The Kier molecular flexibility index (Phi) is 10.5. The van der Waals surface area contributed by atoms with Crippen LogP contribution in [-0.2, 0) is 13.1 Å². The summed E-state index contributed by atoms with van der Waals surface area (Å²) in [4.78, 5) is 33.7. The molecule has 2 amide bonds. The van der Waals surface area contributed by atoms with Crippen LogP contribution in [0.25, 0.3) is 0 Å². The number of imidazole rings is 2. The zero-order valence-corrected chi connectivity index (χ0v) is 19.9. The first-order valence-corrected chi connectivity index (χ1v) is 12.3. The van der Waals surface area contributed by atoms with Gasteiger partial charge in [-0.05, 0) is 44.4 Å². The summed E-state index contributed by atoms with van der Waals surface area (Å²) in [6, 6.07) is 7.04. The van der Waals surface area contributed by atoms with Gasteiger partial charge >= 0.3 is 0 Å². The molecular weight excluding hydrogens is 428 g/mol. The van der Waals surface area contributed by atoms with E-state index < -0.39 is 0 Å². The fourth-order valence-corrected chi connectivity index (χ4v) is 3.99. The molecule has 3 aromatic rings. The molecule has 0 radical (unpaired) electrons. The molecule has 1 aliphatic heterocycles. The fraction of sp³-hybridized carbons (Fsp3) is 0.462. The lowest BCUT2D eigenvalue weighted by Crippen LogP contribution is -2.30. The normalized spacial score (nSPS) is 12.6. The lowest BCUT2D eigenvalue weighted by Gasteiger charge is -2.13. The van der Waals surface area contributed by atoms with Crippen LogP contribution in [0.1, 0.15) is 72.1 Å². The molecule has 0 saturated carbocycles. The van der Waals surface area contributed by atoms with Gasteiger partial charge in [-0.2, -0.15) is 0 Å². The van der Waals surface area contributed by atoms with Crippen LogP contribution in [-0.4, -0.2) is 48.9 Å². The molecule has 2 aromatic heterocycles. The van der Waals surface area contributed by atoms with Crippen molar-refractivity contribution in [3.8, 4) is 0 Å². The van der Waals surface area contributed by atoms with E-state index in [0.29, 0.717) is 17.7 Å². The van der Waals surface area contributed by atoms with Crippen LogP contribution < -0.4 is 5.73 Å². The summed E-state index contributed by atoms with van der Waals surface area (Å²) in [6.07, 6.45) is 20.2. The lowest BCUT2D eigenvalue weighted by molar-refractivity contribution is 0.0651. The maximum absolute atomic E-state index is 12.2. The minimum Gasteiger partial charge on any atom is -0.337 e. The van der Waals surface area contributed by atoms with Crippen molar-refractivity contribution in [2.75, 3.05) is 13.1 Å². The molecule has 0 fully saturated rings. The van der Waals surface area contributed by atoms with Crippen molar-refractivity contribution >= 4 is 11.8 Å². The molecule has 0 unspecified atom stereocenters. The van der Waals surface area contributed by atoms with E-state index in [0.717, 1.165) is 51.7 Å². The molecule has 0 atom stereocenters. The minimum atomic E-state index is -0.154. The molecule has 0 bridgehead atoms. The zero-order valence-electron chi connectivity index (χ0n) is 19.9. The van der Waals surface area contributed by atoms with Crippen LogP contribution in [0.2, 0.25) is 0 Å². The van der Waals surface area contributed by atoms with Gasteiger partial charge in [0, 0.05) is 44.4 Å². The number of rotatable bonds is 13. The van der Waals surface area contributed by atoms with Crippen molar-refractivity contribution in [2.45, 2.75) is 64.5 Å². The van der Waals surface area contributed by atoms with Crippen molar-refractivity contribution in [3.63, 3.8) is 0 Å². The smallest absolute Gasteiger partial charge is 0.261 e. The first-order valence-electron chi connectivity index (χ1n) is 12.3. The molecule has 4 rings (SSSR count). The Balaban J connectivity index is 0.000000229. The van der Waals surface area contributed by atoms with E-state index in [-0.39, 0.29) is 11.8 Å². The van der Waals surface area contributed by atoms with E-state index in [4.69, 9.17) is 5.73 Å². The Morgan fingerprint density at radius 1 is 0.647 bits per heavy atom. The second-order valence-electron chi connectivity index (χ2n) is 8.53. The van der Waals surface area contributed by atoms with Gasteiger partial charge < -0.3 is 14.9 Å². The predicted molar refractivity (Wildman–Crippen MR) is 132 cm³/mol. The predicted octanol–water partition coefficient (Wildman–Crippen LogP) is 4.14. The Bertz CT molecular complexity index is 950. The number of imide groups is 1. The molecule has 2 N–H and O–H groups in total. The SMILES string of the molecule is NCCCCCCn1ccnc1.O=C1c2ccccc2C(=O)N1CCCCCCn1ccnc1. The van der Waals surface area contributed by atoms with Gasteiger partial charge in [-0.25, -0.2) is 9.97 Å². The highest BCUT2D eigenvalue weighted by Gasteiger charge is 2.34. The molecule has 1 aromatic carbocycles. The van der Waals surface area contributed by atoms with Crippen LogP contribution >= 0.6 is 0 Å². The summed E-state index contributed by atoms with van der Waals surface area (Å²) in [5.74, 6) is -0.307. The second-order valence-corrected chi connectivity index (χ2v) is 8.53. The number of unbranched alkanes of at least 4 members (excludes halogenated alkanes) is 6. The Morgan fingerprint density at radius 3 is 1.56 bits per heavy atom. The number of carbonyl (C=O) groups is 2. The number of hydrogen-bond acceptors (Lipinski definition) is 5. The van der Waals surface area contributed by atoms with Gasteiger partial charge in [0.1, 0.15) is 0 Å². The highest BCUT2D eigenvalue weighted by atomic mass is 16.2. The topological polar surface area (TPSA) is 99.0 Å². The standard InChI is InChI=1S/C17H19N3O2.C9H17N3/c21-16-14-7-3-4-8-15(14)17(22)20(16)11-6-2-1-5-10-19-12-9-18-13-19;10-5-3-1-2-4-7-12-8-6-11-9-12/h3-4,7-9,12-13H,1-2,5-6,10-11H2;6,8-9H,1-5,7,10H2. The van der Waals surface area contributed by atoms with Crippen LogP contribution in [0.5, 0.6) is 0 Å². The Morgan fingerprint density at radius 2 is 1.12 bits per heavy atom. The molecule has 0 saturated heterocycles. The van der Waals surface area contributed by atoms with Crippen LogP contribution in [0.15, 0.2) is 61.7 Å². The first kappa shape index (κ1) is 25.4. The molecule has 8 heteroatoms. The van der Waals surface area contributed by atoms with Gasteiger partial charge in [0.25, 0.3) is 11.8 Å². The van der Waals surface area contributed by atoms with Gasteiger partial charge in [-0.15, -0.1) is 0 Å². The number of aryl methyl sites for hydroxylation is 2. The molecule has 8 nitrogen and oxygen atoms in total. The number of hydrogen-bond donors (Lipinski definition) is 1. The van der Waals surface area contributed by atoms with Gasteiger partial charge in [-0.1, -0.05) is 37.8 Å². The van der Waals surface area contributed by atoms with E-state index in [1.165, 1.54) is 24.2 Å². The maximum atomic E-state index is 12.2. The average molecular weight is 465 g/mol. The number of amides is 2. The van der Waals surface area contributed by atoms with Gasteiger partial charge in [0.15, 0.2) is 0 Å². The molecule has 182 valence electrons. The highest BCUT2D eigenvalue weighted by Crippen LogP contribution is 2.22. The lowest BCUT2D eigenvalue weighted by atomic mass is 10.1. The molecule has 0 aliphatic carbocycles. The maximum Gasteiger partial charge on any atom is 0.261 e. The molecule has 1 aliphatic rings. The van der Waals surface area contributed by atoms with Crippen LogP contribution in [0, 0.1) is 0 Å². The van der Waals surface area contributed by atoms with E-state index >= 15 is 0 Å². The average Bonchev–Trinajstić information content (AvgIpc) is 3.61. The van der Waals surface area contributed by atoms with Gasteiger partial charge in [0.05, 0.1) is 23.8 Å². The number of nitrogens with two attached hydrogens (primary N) is 1. The van der Waals surface area contributed by atoms with E-state index in [1.807, 2.05) is 31.2 Å². The number of nitrogens with zero attached hydrogens (tertiary/aromatic N) is 5. The largest absolute Gasteiger partial charge is 0.337 e. The van der Waals surface area contributed by atoms with Crippen LogP contribution in [0.4, 0.5) is 0 Å². The minimum absolute atomic E-state index is 0.154. The Labute approximate surface area is 201 Å². The summed E-state index contributed by atoms with van der Waals surface area (Å²) >= 11 is 0. The quantitative estimate of drug-likeness (QED) is 0.303. The van der Waals surface area contributed by atoms with Crippen molar-refractivity contribution in [2.24, 2.45) is 5.73 Å². The monoisotopic (exact) mass is 464 g/mol. The molecular formula is C26H36N6O2. The zero-order chi connectivity index (χ0) is 24.0. The Hall–Kier alpha value is -3.26. The summed E-state index contributed by atoms with van der Waals surface area (Å²) in [6.45, 7) is 3.39. The van der Waals surface area contributed by atoms with Crippen molar-refractivity contribution < 1.29 is 9.59 Å². The van der Waals surface area contributed by atoms with Gasteiger partial charge in [-0.3, -0.25) is 14.5 Å². The highest BCUT2D eigenvalue weighted by molar-refractivity contribution is 6.21. The summed E-state index contributed by atoms with van der Waals surface area (Å²) in [7, 11) is 0. The third-order valence-electron chi connectivity index (χ3n) is 5.92. The molecule has 3 heterocycles. The molecule has 34 heavy (non-hydrogen) atoms. The molecule has 0 spiro atoms. The third kappa shape index (κ3) is 7.66. The first-order chi connectivity index (χ1) is 16.7. The second kappa shape index (κ2) is 14.1. The van der Waals surface area contributed by atoms with Crippen LogP contribution in [0.3, 0.4) is 0 Å². The van der Waals surface area contributed by atoms with Crippen molar-refractivity contribution in [1.82, 2.24) is 24.0 Å². The van der Waals surface area contributed by atoms with Crippen molar-refractivity contribution in [1.29, 1.82) is 0 Å². The number of carbonyl (C=O) groups excluding carboxylic acids is 2. The fourth-order valence-electron chi connectivity index (χ4n) is 3.99. The third-order valence-corrected chi connectivity index (χ3v) is 5.92. The summed E-state index contributed by atoms with van der Waals surface area (Å²) in [5.41, 5.74) is 6.46. The summed E-state index contributed by atoms with van der Waals surface area (Å²) < 4.78 is 4.17. The number of benzene rings is 1. The number of fused-ring (bicyclic) bond motifs is 1. The van der Waals surface area contributed by atoms with Gasteiger partial charge in [0.2, 0.25) is 0 Å². The summed E-state index contributed by atoms with van der Waals surface area (Å²) in [5, 5.41) is 0. The number of aromatic nitrogens is 4. The van der Waals surface area contributed by atoms with Crippen molar-refractivity contribution in [3.05, 3.63) is 72.8 Å². The van der Waals surface area contributed by atoms with E-state index in [1.54, 1.807) is 30.5 Å². The van der Waals surface area contributed by atoms with E-state index in [9.17, 15) is 9.59 Å². The van der Waals surface area contributed by atoms with E-state index in [2.05, 4.69) is 19.1 Å².